The van der Waals surface area contributed by atoms with E-state index in [0.29, 0.717) is 43.8 Å². The first-order valence-corrected chi connectivity index (χ1v) is 12.5. The molecule has 0 amide bonds. The first-order chi connectivity index (χ1) is 17.5. The smallest absolute Gasteiger partial charge is 0.280 e. The zero-order valence-electron chi connectivity index (χ0n) is 19.9. The number of hydrogen-bond donors (Lipinski definition) is 2. The van der Waals surface area contributed by atoms with Crippen LogP contribution in [0.3, 0.4) is 0 Å². The molecule has 0 spiro atoms. The predicted molar refractivity (Wildman–Crippen MR) is 135 cm³/mol. The van der Waals surface area contributed by atoms with Gasteiger partial charge in [-0.05, 0) is 38.1 Å². The molecule has 0 bridgehead atoms. The van der Waals surface area contributed by atoms with Crippen LogP contribution in [0.15, 0.2) is 47.4 Å². The summed E-state index contributed by atoms with van der Waals surface area (Å²) >= 11 is 0. The number of nitro benzene ring substituents is 2. The summed E-state index contributed by atoms with van der Waals surface area (Å²) in [5.74, 6) is 1.14. The van der Waals surface area contributed by atoms with Crippen molar-refractivity contribution in [2.45, 2.75) is 18.7 Å². The van der Waals surface area contributed by atoms with Crippen LogP contribution in [-0.4, -0.2) is 54.5 Å². The fourth-order valence-corrected chi connectivity index (χ4v) is 4.80. The lowest BCUT2D eigenvalue weighted by Gasteiger charge is -2.27. The minimum Gasteiger partial charge on any atom is -0.378 e. The number of ether oxygens (including phenoxy) is 1. The van der Waals surface area contributed by atoms with Crippen LogP contribution in [-0.2, 0) is 14.8 Å². The molecule has 1 aromatic heterocycles. The molecule has 1 saturated heterocycles. The minimum absolute atomic E-state index is 0.157. The zero-order valence-corrected chi connectivity index (χ0v) is 20.7. The number of nitrogens with zero attached hydrogens (tertiary/aromatic N) is 5. The van der Waals surface area contributed by atoms with Crippen LogP contribution in [0.2, 0.25) is 0 Å². The summed E-state index contributed by atoms with van der Waals surface area (Å²) in [5, 5.41) is 25.8. The number of nitrogens with one attached hydrogen (secondary N) is 2. The van der Waals surface area contributed by atoms with Gasteiger partial charge < -0.3 is 15.0 Å². The number of anilines is 4. The predicted octanol–water partition coefficient (Wildman–Crippen LogP) is 3.29. The maximum Gasteiger partial charge on any atom is 0.280 e. The molecule has 1 fully saturated rings. The number of benzene rings is 2. The van der Waals surface area contributed by atoms with E-state index in [-0.39, 0.29) is 11.3 Å². The average molecular weight is 530 g/mol. The Morgan fingerprint density at radius 3 is 2.05 bits per heavy atom. The molecule has 37 heavy (non-hydrogen) atoms. The van der Waals surface area contributed by atoms with Crippen LogP contribution in [0.4, 0.5) is 34.5 Å². The third kappa shape index (κ3) is 5.90. The van der Waals surface area contributed by atoms with Gasteiger partial charge in [-0.2, -0.15) is 4.98 Å². The fourth-order valence-electron chi connectivity index (χ4n) is 3.70. The van der Waals surface area contributed by atoms with Crippen LogP contribution in [0.5, 0.6) is 0 Å². The largest absolute Gasteiger partial charge is 0.378 e. The molecule has 15 heteroatoms. The number of nitro groups is 2. The van der Waals surface area contributed by atoms with Crippen LogP contribution < -0.4 is 14.9 Å². The lowest BCUT2D eigenvalue weighted by Crippen LogP contribution is -2.37. The van der Waals surface area contributed by atoms with Crippen molar-refractivity contribution in [3.8, 4) is 0 Å². The highest BCUT2D eigenvalue weighted by Gasteiger charge is 2.28. The SMILES string of the molecule is Cc1cc(Nc2ccc(NS(=O)(=O)c3cc([N+](=O)[O-])c(C)c([N+](=O)[O-])c3)cc2)nc(N2CCOCC2)n1. The van der Waals surface area contributed by atoms with Crippen molar-refractivity contribution >= 4 is 44.5 Å². The van der Waals surface area contributed by atoms with Crippen molar-refractivity contribution < 1.29 is 23.0 Å². The van der Waals surface area contributed by atoms with E-state index >= 15 is 0 Å². The third-order valence-corrected chi connectivity index (χ3v) is 6.94. The number of hydrogen-bond acceptors (Lipinski definition) is 11. The van der Waals surface area contributed by atoms with E-state index in [4.69, 9.17) is 4.74 Å². The number of morpholine rings is 1. The molecule has 1 aliphatic rings. The van der Waals surface area contributed by atoms with Gasteiger partial charge in [0.05, 0.1) is 23.1 Å². The van der Waals surface area contributed by atoms with Gasteiger partial charge in [0.15, 0.2) is 0 Å². The summed E-state index contributed by atoms with van der Waals surface area (Å²) in [7, 11) is -4.35. The standard InChI is InChI=1S/C22H23N7O7S/c1-14-11-21(25-22(23-14)27-7-9-36-10-8-27)24-16-3-5-17(6-4-16)26-37(34,35)18-12-19(28(30)31)15(2)20(13-18)29(32)33/h3-6,11-13,26H,7-10H2,1-2H3,(H,23,24,25). The highest BCUT2D eigenvalue weighted by Crippen LogP contribution is 2.32. The molecular weight excluding hydrogens is 506 g/mol. The van der Waals surface area contributed by atoms with E-state index < -0.39 is 36.1 Å². The number of aryl methyl sites for hydroxylation is 1. The molecule has 0 saturated carbocycles. The molecule has 0 aliphatic carbocycles. The van der Waals surface area contributed by atoms with Gasteiger partial charge in [-0.3, -0.25) is 25.0 Å². The van der Waals surface area contributed by atoms with Crippen molar-refractivity contribution in [1.82, 2.24) is 9.97 Å². The third-order valence-electron chi connectivity index (χ3n) is 5.58. The van der Waals surface area contributed by atoms with E-state index in [1.807, 2.05) is 11.8 Å². The van der Waals surface area contributed by atoms with Crippen LogP contribution in [0.1, 0.15) is 11.3 Å². The van der Waals surface area contributed by atoms with Gasteiger partial charge in [-0.1, -0.05) is 0 Å². The van der Waals surface area contributed by atoms with Crippen LogP contribution in [0, 0.1) is 34.1 Å². The molecule has 0 unspecified atom stereocenters. The topological polar surface area (TPSA) is 183 Å². The Morgan fingerprint density at radius 1 is 0.919 bits per heavy atom. The van der Waals surface area contributed by atoms with E-state index in [1.165, 1.54) is 19.1 Å². The van der Waals surface area contributed by atoms with Gasteiger partial charge in [0.1, 0.15) is 16.3 Å². The van der Waals surface area contributed by atoms with Gasteiger partial charge in [-0.15, -0.1) is 0 Å². The summed E-state index contributed by atoms with van der Waals surface area (Å²) in [5.41, 5.74) is -0.0120. The summed E-state index contributed by atoms with van der Waals surface area (Å²) < 4.78 is 33.4. The monoisotopic (exact) mass is 529 g/mol. The number of sulfonamides is 1. The van der Waals surface area contributed by atoms with Crippen molar-refractivity contribution in [2.24, 2.45) is 0 Å². The van der Waals surface area contributed by atoms with E-state index in [9.17, 15) is 28.6 Å². The Hall–Kier alpha value is -4.37. The maximum atomic E-state index is 12.9. The van der Waals surface area contributed by atoms with Crippen molar-refractivity contribution in [3.63, 3.8) is 0 Å². The molecule has 0 atom stereocenters. The molecule has 4 rings (SSSR count). The van der Waals surface area contributed by atoms with Gasteiger partial charge in [0.2, 0.25) is 5.95 Å². The van der Waals surface area contributed by atoms with Crippen molar-refractivity contribution in [3.05, 3.63) is 74.0 Å². The lowest BCUT2D eigenvalue weighted by atomic mass is 10.1. The highest BCUT2D eigenvalue weighted by atomic mass is 32.2. The van der Waals surface area contributed by atoms with Gasteiger partial charge >= 0.3 is 0 Å². The molecule has 0 radical (unpaired) electrons. The van der Waals surface area contributed by atoms with Crippen molar-refractivity contribution in [2.75, 3.05) is 41.2 Å². The number of aromatic nitrogens is 2. The second-order valence-corrected chi connectivity index (χ2v) is 9.88. The second kappa shape index (κ2) is 10.3. The molecule has 194 valence electrons. The van der Waals surface area contributed by atoms with E-state index in [1.54, 1.807) is 18.2 Å². The minimum atomic E-state index is -4.35. The van der Waals surface area contributed by atoms with Crippen LogP contribution in [0.25, 0.3) is 0 Å². The Morgan fingerprint density at radius 2 is 1.49 bits per heavy atom. The molecular formula is C22H23N7O7S. The molecule has 2 N–H and O–H groups in total. The van der Waals surface area contributed by atoms with Gasteiger partial charge in [-0.25, -0.2) is 13.4 Å². The molecule has 1 aliphatic heterocycles. The summed E-state index contributed by atoms with van der Waals surface area (Å²) in [4.78, 5) is 31.3. The molecule has 14 nitrogen and oxygen atoms in total. The highest BCUT2D eigenvalue weighted by molar-refractivity contribution is 7.92. The molecule has 3 aromatic rings. The normalized spacial score (nSPS) is 13.7. The summed E-state index contributed by atoms with van der Waals surface area (Å²) in [6, 6.07) is 9.56. The Bertz CT molecular complexity index is 1420. The Labute approximate surface area is 211 Å². The Balaban J connectivity index is 1.53. The maximum absolute atomic E-state index is 12.9. The number of rotatable bonds is 8. The summed E-state index contributed by atoms with van der Waals surface area (Å²) in [6.45, 7) is 5.61. The van der Waals surface area contributed by atoms with E-state index in [2.05, 4.69) is 20.0 Å². The molecule has 2 heterocycles. The Kier molecular flexibility index (Phi) is 7.17. The summed E-state index contributed by atoms with van der Waals surface area (Å²) in [6.07, 6.45) is 0. The first kappa shape index (κ1) is 25.7. The first-order valence-electron chi connectivity index (χ1n) is 11.1. The van der Waals surface area contributed by atoms with Gasteiger partial charge in [0.25, 0.3) is 21.4 Å². The quantitative estimate of drug-likeness (QED) is 0.322. The molecule has 2 aromatic carbocycles. The second-order valence-electron chi connectivity index (χ2n) is 8.20. The average Bonchev–Trinajstić information content (AvgIpc) is 2.85. The van der Waals surface area contributed by atoms with Gasteiger partial charge in [0, 0.05) is 48.4 Å². The zero-order chi connectivity index (χ0) is 26.7. The lowest BCUT2D eigenvalue weighted by molar-refractivity contribution is -0.395. The fraction of sp³-hybridized carbons (Fsp3) is 0.273. The van der Waals surface area contributed by atoms with Crippen molar-refractivity contribution in [1.29, 1.82) is 0 Å². The van der Waals surface area contributed by atoms with E-state index in [0.717, 1.165) is 17.8 Å². The van der Waals surface area contributed by atoms with Crippen LogP contribution >= 0.6 is 0 Å².